The Hall–Kier alpha value is -1.74. The molecular formula is C14H13NO2. The summed E-state index contributed by atoms with van der Waals surface area (Å²) in [6.07, 6.45) is 5.50. The fourth-order valence-electron chi connectivity index (χ4n) is 2.72. The van der Waals surface area contributed by atoms with Crippen LogP contribution in [0.4, 0.5) is 0 Å². The van der Waals surface area contributed by atoms with Gasteiger partial charge in [-0.25, -0.2) is 0 Å². The number of fused-ring (bicyclic) bond motifs is 2. The van der Waals surface area contributed by atoms with Gasteiger partial charge in [0, 0.05) is 27.4 Å². The van der Waals surface area contributed by atoms with E-state index < -0.39 is 0 Å². The van der Waals surface area contributed by atoms with Gasteiger partial charge in [0.05, 0.1) is 12.5 Å². The molecule has 3 nitrogen and oxygen atoms in total. The van der Waals surface area contributed by atoms with Gasteiger partial charge in [0.2, 0.25) is 0 Å². The van der Waals surface area contributed by atoms with Crippen molar-refractivity contribution in [3.8, 4) is 0 Å². The molecule has 1 saturated carbocycles. The second-order valence-corrected chi connectivity index (χ2v) is 4.98. The molecule has 3 aromatic rings. The monoisotopic (exact) mass is 227 g/mol. The van der Waals surface area contributed by atoms with Crippen molar-refractivity contribution in [3.63, 3.8) is 0 Å². The Bertz CT molecular complexity index is 679. The highest BCUT2D eigenvalue weighted by atomic mass is 16.3. The molecule has 2 N–H and O–H groups in total. The molecule has 1 fully saturated rings. The van der Waals surface area contributed by atoms with E-state index in [-0.39, 0.29) is 5.54 Å². The fourth-order valence-corrected chi connectivity index (χ4v) is 2.72. The van der Waals surface area contributed by atoms with E-state index in [1.807, 2.05) is 12.1 Å². The largest absolute Gasteiger partial charge is 0.464 e. The topological polar surface area (TPSA) is 52.3 Å². The summed E-state index contributed by atoms with van der Waals surface area (Å²) in [5.41, 5.74) is 10.3. The van der Waals surface area contributed by atoms with Crippen molar-refractivity contribution >= 4 is 21.9 Å². The Balaban J connectivity index is 2.29. The van der Waals surface area contributed by atoms with E-state index in [9.17, 15) is 0 Å². The summed E-state index contributed by atoms with van der Waals surface area (Å²) in [6, 6.07) is 3.98. The molecule has 2 heterocycles. The molecular weight excluding hydrogens is 214 g/mol. The highest BCUT2D eigenvalue weighted by Gasteiger charge is 2.44. The summed E-state index contributed by atoms with van der Waals surface area (Å²) in [7, 11) is 0. The highest BCUT2D eigenvalue weighted by Crippen LogP contribution is 2.49. The molecule has 0 bridgehead atoms. The zero-order valence-corrected chi connectivity index (χ0v) is 9.62. The van der Waals surface area contributed by atoms with Gasteiger partial charge in [-0.1, -0.05) is 0 Å². The molecule has 0 unspecified atom stereocenters. The van der Waals surface area contributed by atoms with E-state index in [4.69, 9.17) is 14.6 Å². The molecule has 0 saturated heterocycles. The summed E-state index contributed by atoms with van der Waals surface area (Å²) in [4.78, 5) is 0. The van der Waals surface area contributed by atoms with E-state index >= 15 is 0 Å². The van der Waals surface area contributed by atoms with E-state index in [2.05, 4.69) is 6.92 Å². The van der Waals surface area contributed by atoms with Crippen LogP contribution in [0.15, 0.2) is 33.5 Å². The number of nitrogens with two attached hydrogens (primary N) is 1. The lowest BCUT2D eigenvalue weighted by atomic mass is 9.96. The quantitative estimate of drug-likeness (QED) is 0.692. The van der Waals surface area contributed by atoms with Crippen molar-refractivity contribution in [1.29, 1.82) is 0 Å². The predicted molar refractivity (Wildman–Crippen MR) is 65.8 cm³/mol. The van der Waals surface area contributed by atoms with Crippen LogP contribution in [0.3, 0.4) is 0 Å². The van der Waals surface area contributed by atoms with Gasteiger partial charge in [0.1, 0.15) is 11.2 Å². The third-order valence-electron chi connectivity index (χ3n) is 3.86. The normalized spacial score (nSPS) is 18.0. The van der Waals surface area contributed by atoms with Crippen LogP contribution in [0.1, 0.15) is 24.0 Å². The Morgan fingerprint density at radius 2 is 1.71 bits per heavy atom. The second-order valence-electron chi connectivity index (χ2n) is 4.98. The van der Waals surface area contributed by atoms with Crippen molar-refractivity contribution < 1.29 is 8.83 Å². The lowest BCUT2D eigenvalue weighted by molar-refractivity contribution is 0.598. The van der Waals surface area contributed by atoms with Gasteiger partial charge >= 0.3 is 0 Å². The first-order valence-corrected chi connectivity index (χ1v) is 5.87. The van der Waals surface area contributed by atoms with Crippen LogP contribution in [-0.4, -0.2) is 0 Å². The van der Waals surface area contributed by atoms with E-state index in [1.54, 1.807) is 12.5 Å². The standard InChI is InChI=1S/C14H13NO2/c1-8-9-2-6-17-13(9)11(14(15)4-5-14)10-3-7-16-12(8)10/h2-3,6-7H,4-5,15H2,1H3. The molecule has 1 aliphatic carbocycles. The molecule has 2 aromatic heterocycles. The Kier molecular flexibility index (Phi) is 1.50. The Labute approximate surface area is 98.2 Å². The molecule has 17 heavy (non-hydrogen) atoms. The Morgan fingerprint density at radius 1 is 1.06 bits per heavy atom. The SMILES string of the molecule is Cc1c2ccoc2c(C2(N)CC2)c2ccoc12. The molecule has 1 aromatic carbocycles. The summed E-state index contributed by atoms with van der Waals surface area (Å²) in [5.74, 6) is 0. The average molecular weight is 227 g/mol. The molecule has 0 aliphatic heterocycles. The average Bonchev–Trinajstić information content (AvgIpc) is 2.79. The first-order valence-electron chi connectivity index (χ1n) is 5.87. The van der Waals surface area contributed by atoms with Crippen LogP contribution >= 0.6 is 0 Å². The first kappa shape index (κ1) is 9.31. The van der Waals surface area contributed by atoms with Gasteiger partial charge in [-0.3, -0.25) is 0 Å². The zero-order valence-electron chi connectivity index (χ0n) is 9.62. The molecule has 0 amide bonds. The van der Waals surface area contributed by atoms with Crippen molar-refractivity contribution in [2.45, 2.75) is 25.3 Å². The fraction of sp³-hybridized carbons (Fsp3) is 0.286. The van der Waals surface area contributed by atoms with Crippen LogP contribution in [-0.2, 0) is 5.54 Å². The lowest BCUT2D eigenvalue weighted by Crippen LogP contribution is -2.19. The number of rotatable bonds is 1. The summed E-state index contributed by atoms with van der Waals surface area (Å²) < 4.78 is 11.2. The molecule has 1 aliphatic rings. The molecule has 3 heteroatoms. The van der Waals surface area contributed by atoms with Crippen LogP contribution < -0.4 is 5.73 Å². The second kappa shape index (κ2) is 2.74. The van der Waals surface area contributed by atoms with E-state index in [0.717, 1.165) is 45.9 Å². The highest BCUT2D eigenvalue weighted by molar-refractivity contribution is 6.02. The maximum absolute atomic E-state index is 6.37. The third kappa shape index (κ3) is 1.05. The van der Waals surface area contributed by atoms with Gasteiger partial charge in [0.25, 0.3) is 0 Å². The third-order valence-corrected chi connectivity index (χ3v) is 3.86. The minimum absolute atomic E-state index is 0.216. The maximum Gasteiger partial charge on any atom is 0.140 e. The summed E-state index contributed by atoms with van der Waals surface area (Å²) in [5, 5.41) is 2.21. The number of benzene rings is 1. The number of hydrogen-bond acceptors (Lipinski definition) is 3. The van der Waals surface area contributed by atoms with Crippen LogP contribution in [0.2, 0.25) is 0 Å². The Morgan fingerprint density at radius 3 is 2.41 bits per heavy atom. The van der Waals surface area contributed by atoms with Gasteiger partial charge in [-0.2, -0.15) is 0 Å². The van der Waals surface area contributed by atoms with E-state index in [1.165, 1.54) is 0 Å². The van der Waals surface area contributed by atoms with Gasteiger partial charge in [-0.15, -0.1) is 0 Å². The molecule has 4 rings (SSSR count). The number of hydrogen-bond donors (Lipinski definition) is 1. The zero-order chi connectivity index (χ0) is 11.6. The van der Waals surface area contributed by atoms with Gasteiger partial charge in [0.15, 0.2) is 0 Å². The maximum atomic E-state index is 6.37. The minimum atomic E-state index is -0.216. The van der Waals surface area contributed by atoms with Crippen LogP contribution in [0, 0.1) is 6.92 Å². The molecule has 86 valence electrons. The summed E-state index contributed by atoms with van der Waals surface area (Å²) >= 11 is 0. The molecule has 0 spiro atoms. The lowest BCUT2D eigenvalue weighted by Gasteiger charge is -2.12. The van der Waals surface area contributed by atoms with Crippen molar-refractivity contribution in [1.82, 2.24) is 0 Å². The van der Waals surface area contributed by atoms with Crippen molar-refractivity contribution in [2.24, 2.45) is 5.73 Å². The first-order chi connectivity index (χ1) is 8.21. The van der Waals surface area contributed by atoms with Crippen molar-refractivity contribution in [2.75, 3.05) is 0 Å². The predicted octanol–water partition coefficient (Wildman–Crippen LogP) is 3.44. The smallest absolute Gasteiger partial charge is 0.140 e. The van der Waals surface area contributed by atoms with Crippen molar-refractivity contribution in [3.05, 3.63) is 35.8 Å². The minimum Gasteiger partial charge on any atom is -0.464 e. The van der Waals surface area contributed by atoms with E-state index in [0.29, 0.717) is 0 Å². The van der Waals surface area contributed by atoms with Gasteiger partial charge < -0.3 is 14.6 Å². The molecule has 0 radical (unpaired) electrons. The molecule has 0 atom stereocenters. The summed E-state index contributed by atoms with van der Waals surface area (Å²) in [6.45, 7) is 2.06. The van der Waals surface area contributed by atoms with Crippen LogP contribution in [0.25, 0.3) is 21.9 Å². The number of furan rings is 2. The van der Waals surface area contributed by atoms with Gasteiger partial charge in [-0.05, 0) is 31.9 Å². The van der Waals surface area contributed by atoms with Crippen LogP contribution in [0.5, 0.6) is 0 Å². The number of aryl methyl sites for hydroxylation is 1.